The van der Waals surface area contributed by atoms with E-state index in [2.05, 4.69) is 37.8 Å². The number of aryl methyl sites for hydroxylation is 1. The van der Waals surface area contributed by atoms with Crippen molar-refractivity contribution in [1.29, 1.82) is 0 Å². The lowest BCUT2D eigenvalue weighted by atomic mass is 10.1. The molecule has 1 fully saturated rings. The van der Waals surface area contributed by atoms with E-state index < -0.39 is 0 Å². The summed E-state index contributed by atoms with van der Waals surface area (Å²) in [7, 11) is 0. The Bertz CT molecular complexity index is 408. The van der Waals surface area contributed by atoms with Crippen molar-refractivity contribution in [2.75, 3.05) is 11.4 Å². The standard InChI is InChI=1S/C16H27N3/c1-12(2)11-19(15-6-4-5-7-15)16-14(10-17)9-8-13(3)18-16/h8-9,12,15H,4-7,10-11,17H2,1-3H3. The Morgan fingerprint density at radius 3 is 2.58 bits per heavy atom. The predicted molar refractivity (Wildman–Crippen MR) is 81.3 cm³/mol. The second kappa shape index (κ2) is 6.38. The first-order valence-electron chi connectivity index (χ1n) is 7.55. The number of nitrogens with zero attached hydrogens (tertiary/aromatic N) is 2. The Morgan fingerprint density at radius 2 is 2.00 bits per heavy atom. The second-order valence-corrected chi connectivity index (χ2v) is 6.12. The number of pyridine rings is 1. The van der Waals surface area contributed by atoms with Crippen molar-refractivity contribution >= 4 is 5.82 Å². The number of rotatable bonds is 5. The number of aromatic nitrogens is 1. The molecule has 1 aromatic heterocycles. The van der Waals surface area contributed by atoms with Gasteiger partial charge < -0.3 is 10.6 Å². The molecule has 3 nitrogen and oxygen atoms in total. The monoisotopic (exact) mass is 261 g/mol. The van der Waals surface area contributed by atoms with E-state index in [-0.39, 0.29) is 0 Å². The van der Waals surface area contributed by atoms with Gasteiger partial charge in [-0.05, 0) is 31.7 Å². The molecular weight excluding hydrogens is 234 g/mol. The zero-order chi connectivity index (χ0) is 13.8. The fourth-order valence-electron chi connectivity index (χ4n) is 3.00. The molecule has 3 heteroatoms. The molecule has 1 heterocycles. The van der Waals surface area contributed by atoms with Gasteiger partial charge in [0.2, 0.25) is 0 Å². The lowest BCUT2D eigenvalue weighted by molar-refractivity contribution is 0.529. The average Bonchev–Trinajstić information content (AvgIpc) is 2.89. The van der Waals surface area contributed by atoms with Gasteiger partial charge in [0.15, 0.2) is 0 Å². The lowest BCUT2D eigenvalue weighted by Crippen LogP contribution is -2.38. The number of nitrogens with two attached hydrogens (primary N) is 1. The third-order valence-corrected chi connectivity index (χ3v) is 3.91. The molecule has 0 bridgehead atoms. The van der Waals surface area contributed by atoms with Gasteiger partial charge in [0.25, 0.3) is 0 Å². The third kappa shape index (κ3) is 3.47. The predicted octanol–water partition coefficient (Wildman–Crippen LogP) is 3.25. The van der Waals surface area contributed by atoms with Gasteiger partial charge in [-0.15, -0.1) is 0 Å². The van der Waals surface area contributed by atoms with Crippen LogP contribution in [0.25, 0.3) is 0 Å². The first-order valence-corrected chi connectivity index (χ1v) is 7.55. The topological polar surface area (TPSA) is 42.1 Å². The minimum atomic E-state index is 0.573. The quantitative estimate of drug-likeness (QED) is 0.884. The van der Waals surface area contributed by atoms with Crippen LogP contribution in [0, 0.1) is 12.8 Å². The van der Waals surface area contributed by atoms with Crippen LogP contribution < -0.4 is 10.6 Å². The van der Waals surface area contributed by atoms with Gasteiger partial charge in [-0.2, -0.15) is 0 Å². The fourth-order valence-corrected chi connectivity index (χ4v) is 3.00. The van der Waals surface area contributed by atoms with Crippen LogP contribution in [0.2, 0.25) is 0 Å². The van der Waals surface area contributed by atoms with Gasteiger partial charge in [-0.25, -0.2) is 4.98 Å². The summed E-state index contributed by atoms with van der Waals surface area (Å²) in [5.74, 6) is 1.77. The summed E-state index contributed by atoms with van der Waals surface area (Å²) in [4.78, 5) is 7.31. The highest BCUT2D eigenvalue weighted by molar-refractivity contribution is 5.49. The van der Waals surface area contributed by atoms with Crippen molar-refractivity contribution in [2.45, 2.75) is 59.0 Å². The van der Waals surface area contributed by atoms with Crippen molar-refractivity contribution in [3.63, 3.8) is 0 Å². The van der Waals surface area contributed by atoms with E-state index in [9.17, 15) is 0 Å². The van der Waals surface area contributed by atoms with E-state index in [1.54, 1.807) is 0 Å². The summed E-state index contributed by atoms with van der Waals surface area (Å²) < 4.78 is 0. The van der Waals surface area contributed by atoms with Crippen molar-refractivity contribution in [2.24, 2.45) is 11.7 Å². The van der Waals surface area contributed by atoms with Crippen LogP contribution in [-0.4, -0.2) is 17.6 Å². The zero-order valence-corrected chi connectivity index (χ0v) is 12.5. The largest absolute Gasteiger partial charge is 0.353 e. The normalized spacial score (nSPS) is 16.3. The van der Waals surface area contributed by atoms with E-state index in [1.165, 1.54) is 31.2 Å². The Balaban J connectivity index is 2.32. The van der Waals surface area contributed by atoms with Gasteiger partial charge in [-0.1, -0.05) is 32.8 Å². The zero-order valence-electron chi connectivity index (χ0n) is 12.5. The first kappa shape index (κ1) is 14.3. The summed E-state index contributed by atoms with van der Waals surface area (Å²) >= 11 is 0. The van der Waals surface area contributed by atoms with E-state index >= 15 is 0 Å². The molecule has 0 saturated heterocycles. The highest BCUT2D eigenvalue weighted by Gasteiger charge is 2.25. The molecule has 0 atom stereocenters. The fraction of sp³-hybridized carbons (Fsp3) is 0.688. The Hall–Kier alpha value is -1.09. The average molecular weight is 261 g/mol. The molecule has 1 saturated carbocycles. The van der Waals surface area contributed by atoms with Gasteiger partial charge in [0.1, 0.15) is 5.82 Å². The summed E-state index contributed by atoms with van der Waals surface area (Å²) in [6, 6.07) is 4.86. The maximum Gasteiger partial charge on any atom is 0.133 e. The van der Waals surface area contributed by atoms with Gasteiger partial charge in [0.05, 0.1) is 0 Å². The highest BCUT2D eigenvalue weighted by Crippen LogP contribution is 2.30. The maximum absolute atomic E-state index is 5.90. The Kier molecular flexibility index (Phi) is 4.81. The summed E-state index contributed by atoms with van der Waals surface area (Å²) in [6.07, 6.45) is 5.30. The van der Waals surface area contributed by atoms with E-state index in [0.717, 1.165) is 18.1 Å². The summed E-state index contributed by atoms with van der Waals surface area (Å²) in [5, 5.41) is 0. The van der Waals surface area contributed by atoms with Crippen LogP contribution in [0.4, 0.5) is 5.82 Å². The van der Waals surface area contributed by atoms with E-state index in [0.29, 0.717) is 18.5 Å². The van der Waals surface area contributed by atoms with Crippen molar-refractivity contribution in [1.82, 2.24) is 4.98 Å². The lowest BCUT2D eigenvalue weighted by Gasteiger charge is -2.33. The molecule has 106 valence electrons. The van der Waals surface area contributed by atoms with Crippen LogP contribution in [0.1, 0.15) is 50.8 Å². The molecule has 1 aliphatic carbocycles. The number of anilines is 1. The Labute approximate surface area is 117 Å². The van der Waals surface area contributed by atoms with Crippen LogP contribution in [0.15, 0.2) is 12.1 Å². The van der Waals surface area contributed by atoms with Gasteiger partial charge >= 0.3 is 0 Å². The minimum absolute atomic E-state index is 0.573. The number of hydrogen-bond acceptors (Lipinski definition) is 3. The molecule has 0 aliphatic heterocycles. The molecule has 19 heavy (non-hydrogen) atoms. The van der Waals surface area contributed by atoms with Crippen LogP contribution in [-0.2, 0) is 6.54 Å². The SMILES string of the molecule is Cc1ccc(CN)c(N(CC(C)C)C2CCCC2)n1. The minimum Gasteiger partial charge on any atom is -0.353 e. The van der Waals surface area contributed by atoms with E-state index in [4.69, 9.17) is 10.7 Å². The number of hydrogen-bond donors (Lipinski definition) is 1. The third-order valence-electron chi connectivity index (χ3n) is 3.91. The summed E-state index contributed by atoms with van der Waals surface area (Å²) in [6.45, 7) is 8.27. The molecule has 0 unspecified atom stereocenters. The Morgan fingerprint density at radius 1 is 1.32 bits per heavy atom. The smallest absolute Gasteiger partial charge is 0.133 e. The maximum atomic E-state index is 5.90. The molecule has 0 aromatic carbocycles. The summed E-state index contributed by atoms with van der Waals surface area (Å²) in [5.41, 5.74) is 8.16. The van der Waals surface area contributed by atoms with Crippen molar-refractivity contribution < 1.29 is 0 Å². The van der Waals surface area contributed by atoms with Crippen molar-refractivity contribution in [3.05, 3.63) is 23.4 Å². The molecular formula is C16H27N3. The van der Waals surface area contributed by atoms with E-state index in [1.807, 2.05) is 0 Å². The molecule has 2 N–H and O–H groups in total. The molecule has 0 spiro atoms. The van der Waals surface area contributed by atoms with Gasteiger partial charge in [-0.3, -0.25) is 0 Å². The van der Waals surface area contributed by atoms with Crippen LogP contribution in [0.3, 0.4) is 0 Å². The van der Waals surface area contributed by atoms with Crippen molar-refractivity contribution in [3.8, 4) is 0 Å². The highest BCUT2D eigenvalue weighted by atomic mass is 15.2. The first-order chi connectivity index (χ1) is 9.11. The van der Waals surface area contributed by atoms with Gasteiger partial charge in [0, 0.05) is 30.4 Å². The van der Waals surface area contributed by atoms with Crippen LogP contribution >= 0.6 is 0 Å². The molecule has 1 aliphatic rings. The molecule has 2 rings (SSSR count). The molecule has 0 amide bonds. The molecule has 1 aromatic rings. The second-order valence-electron chi connectivity index (χ2n) is 6.12. The van der Waals surface area contributed by atoms with Crippen LogP contribution in [0.5, 0.6) is 0 Å². The molecule has 0 radical (unpaired) electrons.